The Morgan fingerprint density at radius 2 is 2.00 bits per heavy atom. The normalized spacial score (nSPS) is 12.8. The maximum atomic E-state index is 12.0. The van der Waals surface area contributed by atoms with Gasteiger partial charge >= 0.3 is 0 Å². The molecule has 1 rings (SSSR count). The summed E-state index contributed by atoms with van der Waals surface area (Å²) in [6, 6.07) is 3.23. The van der Waals surface area contributed by atoms with Gasteiger partial charge in [-0.3, -0.25) is 4.79 Å². The molecule has 0 aliphatic rings. The SMILES string of the molecule is CCC(C)C(N)C(=O)NCc1cc(Br)c(OC)c(OC)c1.Cl. The molecule has 1 amide bonds. The molecule has 126 valence electrons. The Labute approximate surface area is 146 Å². The molecule has 7 heteroatoms. The van der Waals surface area contributed by atoms with Crippen LogP contribution in [0.2, 0.25) is 0 Å². The van der Waals surface area contributed by atoms with Crippen molar-refractivity contribution in [2.24, 2.45) is 11.7 Å². The number of halogens is 2. The maximum Gasteiger partial charge on any atom is 0.237 e. The van der Waals surface area contributed by atoms with E-state index >= 15 is 0 Å². The highest BCUT2D eigenvalue weighted by molar-refractivity contribution is 9.10. The van der Waals surface area contributed by atoms with Gasteiger partial charge in [0.2, 0.25) is 5.91 Å². The predicted molar refractivity (Wildman–Crippen MR) is 93.8 cm³/mol. The number of hydrogen-bond acceptors (Lipinski definition) is 4. The zero-order chi connectivity index (χ0) is 16.0. The van der Waals surface area contributed by atoms with Crippen LogP contribution in [-0.4, -0.2) is 26.2 Å². The van der Waals surface area contributed by atoms with Crippen LogP contribution in [0.5, 0.6) is 11.5 Å². The Balaban J connectivity index is 0.00000441. The number of carbonyl (C=O) groups excluding carboxylic acids is 1. The maximum absolute atomic E-state index is 12.0. The van der Waals surface area contributed by atoms with E-state index in [1.807, 2.05) is 26.0 Å². The minimum atomic E-state index is -0.487. The lowest BCUT2D eigenvalue weighted by molar-refractivity contribution is -0.123. The Kier molecular flexibility index (Phi) is 9.48. The fourth-order valence-electron chi connectivity index (χ4n) is 1.89. The molecule has 1 aromatic carbocycles. The fraction of sp³-hybridized carbons (Fsp3) is 0.533. The number of ether oxygens (including phenoxy) is 2. The molecule has 0 aliphatic heterocycles. The average molecular weight is 396 g/mol. The third-order valence-corrected chi connectivity index (χ3v) is 4.11. The molecule has 0 radical (unpaired) electrons. The highest BCUT2D eigenvalue weighted by Crippen LogP contribution is 2.36. The number of nitrogens with one attached hydrogen (secondary N) is 1. The Bertz CT molecular complexity index is 500. The first kappa shape index (κ1) is 21.0. The summed E-state index contributed by atoms with van der Waals surface area (Å²) in [5.74, 6) is 1.25. The molecule has 1 aromatic rings. The van der Waals surface area contributed by atoms with Crippen molar-refractivity contribution in [3.8, 4) is 11.5 Å². The lowest BCUT2D eigenvalue weighted by Gasteiger charge is -2.18. The molecule has 0 fully saturated rings. The van der Waals surface area contributed by atoms with Crippen LogP contribution in [0.1, 0.15) is 25.8 Å². The summed E-state index contributed by atoms with van der Waals surface area (Å²) in [5.41, 5.74) is 6.81. The standard InChI is InChI=1S/C15H23BrN2O3.ClH/c1-5-9(2)13(17)15(19)18-8-10-6-11(16)14(21-4)12(7-10)20-3;/h6-7,9,13H,5,8,17H2,1-4H3,(H,18,19);1H. The molecule has 22 heavy (non-hydrogen) atoms. The number of nitrogens with two attached hydrogens (primary N) is 1. The smallest absolute Gasteiger partial charge is 0.237 e. The van der Waals surface area contributed by atoms with Crippen molar-refractivity contribution >= 4 is 34.2 Å². The molecule has 5 nitrogen and oxygen atoms in total. The summed E-state index contributed by atoms with van der Waals surface area (Å²) in [5, 5.41) is 2.85. The average Bonchev–Trinajstić information content (AvgIpc) is 2.50. The van der Waals surface area contributed by atoms with Gasteiger partial charge < -0.3 is 20.5 Å². The summed E-state index contributed by atoms with van der Waals surface area (Å²) >= 11 is 3.43. The second-order valence-electron chi connectivity index (χ2n) is 4.94. The summed E-state index contributed by atoms with van der Waals surface area (Å²) in [7, 11) is 3.15. The van der Waals surface area contributed by atoms with Crippen molar-refractivity contribution in [1.82, 2.24) is 5.32 Å². The lowest BCUT2D eigenvalue weighted by Crippen LogP contribution is -2.44. The van der Waals surface area contributed by atoms with E-state index in [0.717, 1.165) is 16.5 Å². The molecule has 0 aromatic heterocycles. The molecule has 3 N–H and O–H groups in total. The number of rotatable bonds is 7. The molecular formula is C15H24BrClN2O3. The predicted octanol–water partition coefficient (Wildman–Crippen LogP) is 2.88. The number of carbonyl (C=O) groups is 1. The zero-order valence-corrected chi connectivity index (χ0v) is 15.7. The first-order chi connectivity index (χ1) is 9.94. The van der Waals surface area contributed by atoms with Crippen LogP contribution in [0, 0.1) is 5.92 Å². The van der Waals surface area contributed by atoms with Gasteiger partial charge in [-0.15, -0.1) is 12.4 Å². The summed E-state index contributed by atoms with van der Waals surface area (Å²) < 4.78 is 11.3. The minimum absolute atomic E-state index is 0. The van der Waals surface area contributed by atoms with E-state index < -0.39 is 6.04 Å². The number of benzene rings is 1. The van der Waals surface area contributed by atoms with Crippen LogP contribution < -0.4 is 20.5 Å². The summed E-state index contributed by atoms with van der Waals surface area (Å²) in [6.07, 6.45) is 0.872. The van der Waals surface area contributed by atoms with Gasteiger partial charge in [-0.2, -0.15) is 0 Å². The Morgan fingerprint density at radius 1 is 1.36 bits per heavy atom. The van der Waals surface area contributed by atoms with Crippen LogP contribution in [-0.2, 0) is 11.3 Å². The van der Waals surface area contributed by atoms with Crippen LogP contribution in [0.25, 0.3) is 0 Å². The molecule has 0 heterocycles. The first-order valence-corrected chi connectivity index (χ1v) is 7.67. The van der Waals surface area contributed by atoms with Crippen LogP contribution >= 0.6 is 28.3 Å². The second-order valence-corrected chi connectivity index (χ2v) is 5.80. The topological polar surface area (TPSA) is 73.6 Å². The molecule has 0 spiro atoms. The Hall–Kier alpha value is -0.980. The van der Waals surface area contributed by atoms with Crippen molar-refractivity contribution < 1.29 is 14.3 Å². The molecule has 0 saturated heterocycles. The molecule has 0 bridgehead atoms. The molecule has 0 aliphatic carbocycles. The minimum Gasteiger partial charge on any atom is -0.493 e. The van der Waals surface area contributed by atoms with Gasteiger partial charge in [-0.05, 0) is 39.5 Å². The fourth-order valence-corrected chi connectivity index (χ4v) is 2.54. The van der Waals surface area contributed by atoms with Gasteiger partial charge in [-0.1, -0.05) is 20.3 Å². The van der Waals surface area contributed by atoms with Crippen LogP contribution in [0.3, 0.4) is 0 Å². The van der Waals surface area contributed by atoms with Crippen molar-refractivity contribution in [1.29, 1.82) is 0 Å². The number of methoxy groups -OCH3 is 2. The molecular weight excluding hydrogens is 372 g/mol. The van der Waals surface area contributed by atoms with E-state index in [2.05, 4.69) is 21.2 Å². The van der Waals surface area contributed by atoms with Gasteiger partial charge in [0.25, 0.3) is 0 Å². The van der Waals surface area contributed by atoms with E-state index in [1.54, 1.807) is 14.2 Å². The van der Waals surface area contributed by atoms with Crippen molar-refractivity contribution in [3.63, 3.8) is 0 Å². The van der Waals surface area contributed by atoms with Gasteiger partial charge in [-0.25, -0.2) is 0 Å². The number of hydrogen-bond donors (Lipinski definition) is 2. The number of amides is 1. The zero-order valence-electron chi connectivity index (χ0n) is 13.3. The Morgan fingerprint density at radius 3 is 2.50 bits per heavy atom. The monoisotopic (exact) mass is 394 g/mol. The quantitative estimate of drug-likeness (QED) is 0.744. The van der Waals surface area contributed by atoms with E-state index in [0.29, 0.717) is 18.0 Å². The van der Waals surface area contributed by atoms with Gasteiger partial charge in [0.15, 0.2) is 11.5 Å². The highest BCUT2D eigenvalue weighted by Gasteiger charge is 2.19. The summed E-state index contributed by atoms with van der Waals surface area (Å²) in [6.45, 7) is 4.38. The van der Waals surface area contributed by atoms with Gasteiger partial charge in [0, 0.05) is 6.54 Å². The molecule has 2 unspecified atom stereocenters. The van der Waals surface area contributed by atoms with E-state index in [1.165, 1.54) is 0 Å². The summed E-state index contributed by atoms with van der Waals surface area (Å²) in [4.78, 5) is 12.0. The second kappa shape index (κ2) is 9.92. The van der Waals surface area contributed by atoms with Crippen molar-refractivity contribution in [2.75, 3.05) is 14.2 Å². The van der Waals surface area contributed by atoms with Gasteiger partial charge in [0.05, 0.1) is 24.7 Å². The van der Waals surface area contributed by atoms with Crippen molar-refractivity contribution in [2.45, 2.75) is 32.9 Å². The first-order valence-electron chi connectivity index (χ1n) is 6.88. The van der Waals surface area contributed by atoms with E-state index in [-0.39, 0.29) is 24.2 Å². The van der Waals surface area contributed by atoms with Crippen LogP contribution in [0.4, 0.5) is 0 Å². The molecule has 2 atom stereocenters. The van der Waals surface area contributed by atoms with Crippen molar-refractivity contribution in [3.05, 3.63) is 22.2 Å². The van der Waals surface area contributed by atoms with Gasteiger partial charge in [0.1, 0.15) is 0 Å². The lowest BCUT2D eigenvalue weighted by atomic mass is 9.99. The van der Waals surface area contributed by atoms with Crippen LogP contribution in [0.15, 0.2) is 16.6 Å². The van der Waals surface area contributed by atoms with E-state index in [4.69, 9.17) is 15.2 Å². The largest absolute Gasteiger partial charge is 0.493 e. The third kappa shape index (κ3) is 5.34. The third-order valence-electron chi connectivity index (χ3n) is 3.52. The molecule has 0 saturated carbocycles. The van der Waals surface area contributed by atoms with E-state index in [9.17, 15) is 4.79 Å². The highest BCUT2D eigenvalue weighted by atomic mass is 79.9.